The molecule has 0 aromatic rings. The Morgan fingerprint density at radius 1 is 1.20 bits per heavy atom. The van der Waals surface area contributed by atoms with Crippen molar-refractivity contribution in [1.29, 1.82) is 0 Å². The molecule has 1 fully saturated rings. The van der Waals surface area contributed by atoms with E-state index < -0.39 is 27.9 Å². The summed E-state index contributed by atoms with van der Waals surface area (Å²) in [7, 11) is 1.25. The van der Waals surface area contributed by atoms with Crippen molar-refractivity contribution < 1.29 is 23.9 Å². The molecule has 25 heavy (non-hydrogen) atoms. The Kier molecular flexibility index (Phi) is 7.49. The van der Waals surface area contributed by atoms with Gasteiger partial charge in [-0.3, -0.25) is 19.7 Å². The van der Waals surface area contributed by atoms with E-state index in [1.807, 2.05) is 0 Å². The van der Waals surface area contributed by atoms with Gasteiger partial charge in [0.05, 0.1) is 11.9 Å². The van der Waals surface area contributed by atoms with Crippen LogP contribution in [0.25, 0.3) is 0 Å². The Morgan fingerprint density at radius 2 is 1.76 bits per heavy atom. The summed E-state index contributed by atoms with van der Waals surface area (Å²) >= 11 is 1.54. The minimum absolute atomic E-state index is 0.0274. The molecule has 1 heterocycles. The fourth-order valence-corrected chi connectivity index (χ4v) is 3.68. The van der Waals surface area contributed by atoms with Crippen LogP contribution < -0.4 is 11.1 Å². The molecular weight excluding hydrogens is 344 g/mol. The average molecular weight is 372 g/mol. The zero-order valence-electron chi connectivity index (χ0n) is 15.5. The third kappa shape index (κ3) is 6.04. The molecule has 8 heteroatoms. The molecule has 7 nitrogen and oxygen atoms in total. The third-order valence-electron chi connectivity index (χ3n) is 4.12. The monoisotopic (exact) mass is 372 g/mol. The van der Waals surface area contributed by atoms with Gasteiger partial charge in [-0.2, -0.15) is 0 Å². The first-order chi connectivity index (χ1) is 11.5. The molecular formula is C17H28N2O5S. The van der Waals surface area contributed by atoms with Crippen LogP contribution in [0.3, 0.4) is 0 Å². The molecule has 0 aliphatic carbocycles. The van der Waals surface area contributed by atoms with Crippen molar-refractivity contribution in [3.8, 4) is 0 Å². The zero-order chi connectivity index (χ0) is 19.3. The summed E-state index contributed by atoms with van der Waals surface area (Å²) in [6, 6.07) is 0. The van der Waals surface area contributed by atoms with Gasteiger partial charge in [-0.25, -0.2) is 0 Å². The van der Waals surface area contributed by atoms with Gasteiger partial charge in [0.25, 0.3) is 5.91 Å². The fraction of sp³-hybridized carbons (Fsp3) is 0.706. The average Bonchev–Trinajstić information content (AvgIpc) is 2.54. The Hall–Kier alpha value is -1.54. The maximum Gasteiger partial charge on any atom is 0.317 e. The molecule has 3 N–H and O–H groups in total. The number of imide groups is 1. The first kappa shape index (κ1) is 21.5. The van der Waals surface area contributed by atoms with E-state index in [1.54, 1.807) is 27.7 Å². The molecule has 142 valence electrons. The first-order valence-corrected chi connectivity index (χ1v) is 9.05. The van der Waals surface area contributed by atoms with Gasteiger partial charge >= 0.3 is 5.97 Å². The van der Waals surface area contributed by atoms with Gasteiger partial charge in [-0.15, -0.1) is 11.8 Å². The lowest BCUT2D eigenvalue weighted by Gasteiger charge is -2.30. The molecule has 0 radical (unpaired) electrons. The standard InChI is InChI=1S/C17H28N2O5S/c1-16(2,15(22)23-5)12(18)10-13(20)19-14(21)17(3,4)25-11-6-8-24-9-7-11/h10-11H,6-9,18H2,1-5H3,(H,19,20,21). The summed E-state index contributed by atoms with van der Waals surface area (Å²) in [5.41, 5.74) is 4.71. The molecule has 0 unspecified atom stereocenters. The van der Waals surface area contributed by atoms with E-state index in [0.29, 0.717) is 18.5 Å². The minimum Gasteiger partial charge on any atom is -0.468 e. The Labute approximate surface area is 153 Å². The Morgan fingerprint density at radius 3 is 2.28 bits per heavy atom. The van der Waals surface area contributed by atoms with E-state index in [1.165, 1.54) is 18.9 Å². The number of hydrogen-bond acceptors (Lipinski definition) is 7. The highest BCUT2D eigenvalue weighted by Gasteiger charge is 2.35. The lowest BCUT2D eigenvalue weighted by Crippen LogP contribution is -2.44. The highest BCUT2D eigenvalue weighted by molar-refractivity contribution is 8.01. The smallest absolute Gasteiger partial charge is 0.317 e. The van der Waals surface area contributed by atoms with Crippen LogP contribution in [0.15, 0.2) is 11.8 Å². The molecule has 0 aromatic heterocycles. The Balaban J connectivity index is 2.69. The zero-order valence-corrected chi connectivity index (χ0v) is 16.3. The summed E-state index contributed by atoms with van der Waals surface area (Å²) in [6.07, 6.45) is 2.83. The van der Waals surface area contributed by atoms with Gasteiger partial charge in [-0.1, -0.05) is 0 Å². The normalized spacial score (nSPS) is 17.1. The number of carbonyl (C=O) groups excluding carboxylic acids is 3. The largest absolute Gasteiger partial charge is 0.468 e. The third-order valence-corrected chi connectivity index (χ3v) is 5.70. The van der Waals surface area contributed by atoms with Crippen LogP contribution in [0.5, 0.6) is 0 Å². The molecule has 0 spiro atoms. The highest BCUT2D eigenvalue weighted by Crippen LogP contribution is 2.34. The minimum atomic E-state index is -1.15. The van der Waals surface area contributed by atoms with E-state index in [0.717, 1.165) is 18.9 Å². The molecule has 0 saturated carbocycles. The van der Waals surface area contributed by atoms with Crippen molar-refractivity contribution >= 4 is 29.5 Å². The number of esters is 1. The van der Waals surface area contributed by atoms with E-state index in [-0.39, 0.29) is 5.70 Å². The van der Waals surface area contributed by atoms with Crippen LogP contribution in [0.2, 0.25) is 0 Å². The highest BCUT2D eigenvalue weighted by atomic mass is 32.2. The van der Waals surface area contributed by atoms with Gasteiger partial charge in [0, 0.05) is 30.2 Å². The first-order valence-electron chi connectivity index (χ1n) is 8.17. The number of nitrogens with one attached hydrogen (secondary N) is 1. The number of amides is 2. The second-order valence-electron chi connectivity index (χ2n) is 6.97. The number of methoxy groups -OCH3 is 1. The number of rotatable bonds is 6. The van der Waals surface area contributed by atoms with Crippen molar-refractivity contribution in [3.63, 3.8) is 0 Å². The topological polar surface area (TPSA) is 108 Å². The number of thioether (sulfide) groups is 1. The molecule has 2 amide bonds. The maximum atomic E-state index is 12.4. The summed E-state index contributed by atoms with van der Waals surface area (Å²) in [5.74, 6) is -1.61. The summed E-state index contributed by atoms with van der Waals surface area (Å²) in [4.78, 5) is 36.2. The maximum absolute atomic E-state index is 12.4. The lowest BCUT2D eigenvalue weighted by molar-refractivity contribution is -0.148. The fourth-order valence-electron chi connectivity index (χ4n) is 2.26. The number of nitrogens with two attached hydrogens (primary N) is 1. The predicted molar refractivity (Wildman–Crippen MR) is 96.7 cm³/mol. The molecule has 1 aliphatic rings. The molecule has 0 atom stereocenters. The summed E-state index contributed by atoms with van der Waals surface area (Å²) < 4.78 is 9.22. The van der Waals surface area contributed by atoms with Gasteiger partial charge in [-0.05, 0) is 40.5 Å². The van der Waals surface area contributed by atoms with E-state index in [4.69, 9.17) is 10.5 Å². The molecule has 0 bridgehead atoms. The predicted octanol–water partition coefficient (Wildman–Crippen LogP) is 1.36. The van der Waals surface area contributed by atoms with Crippen molar-refractivity contribution in [3.05, 3.63) is 11.8 Å². The van der Waals surface area contributed by atoms with E-state index in [9.17, 15) is 14.4 Å². The van der Waals surface area contributed by atoms with Gasteiger partial charge in [0.15, 0.2) is 0 Å². The van der Waals surface area contributed by atoms with Crippen LogP contribution in [-0.2, 0) is 23.9 Å². The number of ether oxygens (including phenoxy) is 2. The second kappa shape index (κ2) is 8.71. The quantitative estimate of drug-likeness (QED) is 0.535. The van der Waals surface area contributed by atoms with Gasteiger partial charge in [0.2, 0.25) is 5.91 Å². The van der Waals surface area contributed by atoms with Gasteiger partial charge in [0.1, 0.15) is 5.41 Å². The molecule has 0 aromatic carbocycles. The van der Waals surface area contributed by atoms with Crippen molar-refractivity contribution in [2.45, 2.75) is 50.5 Å². The summed E-state index contributed by atoms with van der Waals surface area (Å²) in [6.45, 7) is 8.03. The van der Waals surface area contributed by atoms with Crippen molar-refractivity contribution in [2.24, 2.45) is 11.1 Å². The van der Waals surface area contributed by atoms with Crippen LogP contribution in [0.1, 0.15) is 40.5 Å². The van der Waals surface area contributed by atoms with Crippen LogP contribution in [0, 0.1) is 5.41 Å². The lowest BCUT2D eigenvalue weighted by atomic mass is 9.89. The van der Waals surface area contributed by atoms with E-state index in [2.05, 4.69) is 10.1 Å². The van der Waals surface area contributed by atoms with Crippen LogP contribution >= 0.6 is 11.8 Å². The van der Waals surface area contributed by atoms with Crippen LogP contribution in [-0.4, -0.2) is 48.1 Å². The second-order valence-corrected chi connectivity index (χ2v) is 8.90. The number of carbonyl (C=O) groups is 3. The van der Waals surface area contributed by atoms with Gasteiger partial charge < -0.3 is 15.2 Å². The molecule has 1 rings (SSSR count). The summed E-state index contributed by atoms with van der Waals surface area (Å²) in [5, 5.41) is 2.65. The van der Waals surface area contributed by atoms with Crippen molar-refractivity contribution in [1.82, 2.24) is 5.32 Å². The Bertz CT molecular complexity index is 551. The van der Waals surface area contributed by atoms with E-state index >= 15 is 0 Å². The number of hydrogen-bond donors (Lipinski definition) is 2. The molecule has 1 aliphatic heterocycles. The van der Waals surface area contributed by atoms with Crippen LogP contribution in [0.4, 0.5) is 0 Å². The SMILES string of the molecule is COC(=O)C(C)(C)C(N)=CC(=O)NC(=O)C(C)(C)SC1CCOCC1. The molecule has 1 saturated heterocycles. The van der Waals surface area contributed by atoms with Crippen molar-refractivity contribution in [2.75, 3.05) is 20.3 Å².